The van der Waals surface area contributed by atoms with Gasteiger partial charge in [0.25, 0.3) is 0 Å². The lowest BCUT2D eigenvalue weighted by Gasteiger charge is -2.27. The molecule has 190 valence electrons. The number of carboxylic acid groups (broad SMARTS) is 1. The molecule has 0 aromatic rings. The first-order chi connectivity index (χ1) is 16.0. The minimum Gasteiger partial charge on any atom is -0.481 e. The number of aliphatic hydroxyl groups excluding tert-OH is 2. The topological polar surface area (TPSA) is 96.2 Å². The van der Waals surface area contributed by atoms with Crippen LogP contribution in [0.25, 0.3) is 0 Å². The van der Waals surface area contributed by atoms with Crippen LogP contribution in [0.4, 0.5) is 0 Å². The van der Waals surface area contributed by atoms with Gasteiger partial charge in [0.05, 0.1) is 18.3 Å². The van der Waals surface area contributed by atoms with E-state index in [4.69, 9.17) is 14.6 Å². The fourth-order valence-electron chi connectivity index (χ4n) is 4.87. The van der Waals surface area contributed by atoms with E-state index in [9.17, 15) is 15.0 Å². The lowest BCUT2D eigenvalue weighted by molar-refractivity contribution is -0.179. The van der Waals surface area contributed by atoms with Crippen LogP contribution in [0.2, 0.25) is 0 Å². The summed E-state index contributed by atoms with van der Waals surface area (Å²) in [6, 6.07) is 0. The lowest BCUT2D eigenvalue weighted by atomic mass is 9.89. The second-order valence-corrected chi connectivity index (χ2v) is 9.66. The summed E-state index contributed by atoms with van der Waals surface area (Å²) < 4.78 is 12.1. The monoisotopic (exact) mass is 466 g/mol. The third-order valence-corrected chi connectivity index (χ3v) is 6.86. The molecule has 1 heterocycles. The fraction of sp³-hybridized carbons (Fsp3) is 0.815. The third-order valence-electron chi connectivity index (χ3n) is 6.86. The summed E-state index contributed by atoms with van der Waals surface area (Å²) >= 11 is 0. The SMILES string of the molecule is CCCCCCC[C@H](C=C[C@@H]1[C@@H](CC=CCCCC(=O)O)[C@@H](O)C[C@H]1O)OC1CCCCO1. The van der Waals surface area contributed by atoms with Crippen molar-refractivity contribution in [2.45, 2.75) is 121 Å². The number of ether oxygens (including phenoxy) is 2. The Kier molecular flexibility index (Phi) is 13.9. The van der Waals surface area contributed by atoms with E-state index >= 15 is 0 Å². The summed E-state index contributed by atoms with van der Waals surface area (Å²) in [6.45, 7) is 2.98. The number of carboxylic acids is 1. The van der Waals surface area contributed by atoms with E-state index in [1.807, 2.05) is 12.2 Å². The molecule has 0 spiro atoms. The number of unbranched alkanes of at least 4 members (excludes halogenated alkanes) is 5. The molecule has 3 N–H and O–H groups in total. The first-order valence-electron chi connectivity index (χ1n) is 13.2. The smallest absolute Gasteiger partial charge is 0.303 e. The Morgan fingerprint density at radius 2 is 1.91 bits per heavy atom. The first-order valence-corrected chi connectivity index (χ1v) is 13.2. The lowest BCUT2D eigenvalue weighted by Crippen LogP contribution is -2.27. The maximum atomic E-state index is 10.6. The van der Waals surface area contributed by atoms with Crippen molar-refractivity contribution >= 4 is 5.97 Å². The molecule has 1 unspecified atom stereocenters. The zero-order valence-corrected chi connectivity index (χ0v) is 20.4. The highest BCUT2D eigenvalue weighted by Crippen LogP contribution is 2.36. The normalized spacial score (nSPS) is 29.2. The van der Waals surface area contributed by atoms with Crippen molar-refractivity contribution in [3.63, 3.8) is 0 Å². The Labute approximate surface area is 200 Å². The van der Waals surface area contributed by atoms with Crippen molar-refractivity contribution in [2.24, 2.45) is 11.8 Å². The number of carbonyl (C=O) groups is 1. The highest BCUT2D eigenvalue weighted by Gasteiger charge is 2.39. The Morgan fingerprint density at radius 3 is 2.64 bits per heavy atom. The van der Waals surface area contributed by atoms with E-state index in [1.54, 1.807) is 0 Å². The molecule has 1 aliphatic heterocycles. The van der Waals surface area contributed by atoms with Gasteiger partial charge in [0.2, 0.25) is 0 Å². The second kappa shape index (κ2) is 16.4. The molecule has 1 saturated heterocycles. The predicted octanol–water partition coefficient (Wildman–Crippen LogP) is 5.37. The van der Waals surface area contributed by atoms with E-state index in [0.29, 0.717) is 25.7 Å². The van der Waals surface area contributed by atoms with Crippen LogP contribution in [0.3, 0.4) is 0 Å². The molecule has 0 aromatic carbocycles. The Balaban J connectivity index is 1.91. The molecule has 0 bridgehead atoms. The molecular formula is C27H46O6. The molecule has 6 nitrogen and oxygen atoms in total. The number of hydrogen-bond acceptors (Lipinski definition) is 5. The summed E-state index contributed by atoms with van der Waals surface area (Å²) in [7, 11) is 0. The van der Waals surface area contributed by atoms with Crippen LogP contribution in [0, 0.1) is 11.8 Å². The van der Waals surface area contributed by atoms with Crippen LogP contribution in [0.1, 0.15) is 96.8 Å². The molecule has 0 aromatic heterocycles. The molecular weight excluding hydrogens is 420 g/mol. The van der Waals surface area contributed by atoms with Crippen LogP contribution >= 0.6 is 0 Å². The number of rotatable bonds is 16. The number of allylic oxidation sites excluding steroid dienone is 2. The highest BCUT2D eigenvalue weighted by atomic mass is 16.7. The van der Waals surface area contributed by atoms with Gasteiger partial charge in [0.1, 0.15) is 0 Å². The van der Waals surface area contributed by atoms with Crippen molar-refractivity contribution in [2.75, 3.05) is 6.61 Å². The van der Waals surface area contributed by atoms with Gasteiger partial charge in [-0.1, -0.05) is 63.3 Å². The van der Waals surface area contributed by atoms with Crippen molar-refractivity contribution in [1.82, 2.24) is 0 Å². The van der Waals surface area contributed by atoms with Crippen LogP contribution in [-0.4, -0.2) is 52.5 Å². The van der Waals surface area contributed by atoms with Gasteiger partial charge in [0, 0.05) is 25.4 Å². The van der Waals surface area contributed by atoms with Crippen LogP contribution in [-0.2, 0) is 14.3 Å². The maximum absolute atomic E-state index is 10.6. The van der Waals surface area contributed by atoms with Gasteiger partial charge >= 0.3 is 5.97 Å². The molecule has 0 radical (unpaired) electrons. The highest BCUT2D eigenvalue weighted by molar-refractivity contribution is 5.66. The molecule has 0 amide bonds. The van der Waals surface area contributed by atoms with E-state index in [0.717, 1.165) is 38.7 Å². The largest absolute Gasteiger partial charge is 0.481 e. The first kappa shape index (κ1) is 28.0. The molecule has 2 fully saturated rings. The van der Waals surface area contributed by atoms with Crippen LogP contribution < -0.4 is 0 Å². The summed E-state index contributed by atoms with van der Waals surface area (Å²) in [5.74, 6) is -0.922. The van der Waals surface area contributed by atoms with Gasteiger partial charge in [-0.2, -0.15) is 0 Å². The number of aliphatic hydroxyl groups is 2. The maximum Gasteiger partial charge on any atom is 0.303 e. The number of aliphatic carboxylic acids is 1. The van der Waals surface area contributed by atoms with E-state index in [2.05, 4.69) is 19.1 Å². The van der Waals surface area contributed by atoms with Crippen molar-refractivity contribution in [3.05, 3.63) is 24.3 Å². The van der Waals surface area contributed by atoms with Gasteiger partial charge in [-0.15, -0.1) is 0 Å². The standard InChI is InChI=1S/C27H46O6/c1-2-3-4-5-8-13-21(33-27-16-11-12-19-32-27)17-18-23-22(24(28)20-25(23)29)14-9-6-7-10-15-26(30)31/h6,9,17-18,21-25,27-29H,2-5,7-8,10-16,19-20H2,1H3,(H,30,31)/t21-,22-,23-,24+,25-,27?/m1/s1. The Bertz CT molecular complexity index is 583. The van der Waals surface area contributed by atoms with E-state index < -0.39 is 18.2 Å². The van der Waals surface area contributed by atoms with Crippen molar-refractivity contribution in [3.8, 4) is 0 Å². The molecule has 6 heteroatoms. The average Bonchev–Trinajstić information content (AvgIpc) is 3.06. The van der Waals surface area contributed by atoms with E-state index in [1.165, 1.54) is 25.7 Å². The average molecular weight is 467 g/mol. The minimum absolute atomic E-state index is 0.0353. The summed E-state index contributed by atoms with van der Waals surface area (Å²) in [5.41, 5.74) is 0. The second-order valence-electron chi connectivity index (χ2n) is 9.66. The minimum atomic E-state index is -0.774. The van der Waals surface area contributed by atoms with Crippen molar-refractivity contribution in [1.29, 1.82) is 0 Å². The zero-order chi connectivity index (χ0) is 23.9. The number of hydrogen-bond donors (Lipinski definition) is 3. The van der Waals surface area contributed by atoms with E-state index in [-0.39, 0.29) is 30.7 Å². The predicted molar refractivity (Wildman–Crippen MR) is 130 cm³/mol. The quantitative estimate of drug-likeness (QED) is 0.209. The molecule has 6 atom stereocenters. The zero-order valence-electron chi connectivity index (χ0n) is 20.4. The molecule has 33 heavy (non-hydrogen) atoms. The Morgan fingerprint density at radius 1 is 1.09 bits per heavy atom. The molecule has 2 aliphatic rings. The van der Waals surface area contributed by atoms with Crippen LogP contribution in [0.5, 0.6) is 0 Å². The Hall–Kier alpha value is -1.21. The van der Waals surface area contributed by atoms with Crippen LogP contribution in [0.15, 0.2) is 24.3 Å². The van der Waals surface area contributed by atoms with Gasteiger partial charge in [-0.25, -0.2) is 0 Å². The molecule has 1 saturated carbocycles. The van der Waals surface area contributed by atoms with Gasteiger partial charge in [-0.05, 0) is 50.9 Å². The summed E-state index contributed by atoms with van der Waals surface area (Å²) in [4.78, 5) is 10.6. The van der Waals surface area contributed by atoms with Gasteiger partial charge in [-0.3, -0.25) is 4.79 Å². The molecule has 2 rings (SSSR count). The van der Waals surface area contributed by atoms with Gasteiger partial charge < -0.3 is 24.8 Å². The molecule has 1 aliphatic carbocycles. The van der Waals surface area contributed by atoms with Gasteiger partial charge in [0.15, 0.2) is 6.29 Å². The summed E-state index contributed by atoms with van der Waals surface area (Å²) in [5, 5.41) is 29.8. The summed E-state index contributed by atoms with van der Waals surface area (Å²) in [6.07, 6.45) is 19.6. The fourth-order valence-corrected chi connectivity index (χ4v) is 4.87. The van der Waals surface area contributed by atoms with Crippen molar-refractivity contribution < 1.29 is 29.6 Å². The third kappa shape index (κ3) is 11.2.